The van der Waals surface area contributed by atoms with Crippen molar-refractivity contribution < 1.29 is 14.3 Å². The Hall–Kier alpha value is -3.13. The van der Waals surface area contributed by atoms with Gasteiger partial charge in [0.1, 0.15) is 17.3 Å². The van der Waals surface area contributed by atoms with Gasteiger partial charge in [-0.1, -0.05) is 36.4 Å². The molecular formula is C23H28N4O3S. The highest BCUT2D eigenvalue weighted by Crippen LogP contribution is 2.25. The van der Waals surface area contributed by atoms with Crippen LogP contribution in [0, 0.1) is 0 Å². The molecule has 2 heterocycles. The molecule has 3 rings (SSSR count). The second kappa shape index (κ2) is 10.3. The summed E-state index contributed by atoms with van der Waals surface area (Å²) in [6, 6.07) is 12.8. The average Bonchev–Trinajstić information content (AvgIpc) is 3.38. The van der Waals surface area contributed by atoms with Crippen molar-refractivity contribution in [3.05, 3.63) is 65.4 Å². The van der Waals surface area contributed by atoms with E-state index in [9.17, 15) is 9.59 Å². The van der Waals surface area contributed by atoms with Gasteiger partial charge in [0, 0.05) is 25.1 Å². The van der Waals surface area contributed by atoms with Crippen LogP contribution in [0.15, 0.2) is 54.2 Å². The molecule has 0 aliphatic heterocycles. The van der Waals surface area contributed by atoms with E-state index >= 15 is 0 Å². The zero-order valence-corrected chi connectivity index (χ0v) is 18.8. The van der Waals surface area contributed by atoms with Crippen molar-refractivity contribution in [3.63, 3.8) is 0 Å². The Morgan fingerprint density at radius 3 is 2.61 bits per heavy atom. The predicted molar refractivity (Wildman–Crippen MR) is 122 cm³/mol. The van der Waals surface area contributed by atoms with E-state index in [0.29, 0.717) is 19.4 Å². The average molecular weight is 441 g/mol. The third-order valence-electron chi connectivity index (χ3n) is 4.44. The fraction of sp³-hybridized carbons (Fsp3) is 0.348. The molecule has 0 aliphatic rings. The van der Waals surface area contributed by atoms with E-state index in [4.69, 9.17) is 4.74 Å². The highest BCUT2D eigenvalue weighted by atomic mass is 32.1. The number of thiophene rings is 1. The first-order chi connectivity index (χ1) is 14.8. The highest BCUT2D eigenvalue weighted by molar-refractivity contribution is 7.13. The number of amides is 2. The SMILES string of the molecule is CC(C)(C)OC(=O)NC(Cc1ccccc1)C(=O)NCCc1[nH]cnc1-c1cccs1. The largest absolute Gasteiger partial charge is 0.444 e. The first kappa shape index (κ1) is 22.6. The minimum atomic E-state index is -0.740. The first-order valence-electron chi connectivity index (χ1n) is 10.2. The minimum absolute atomic E-state index is 0.257. The van der Waals surface area contributed by atoms with Gasteiger partial charge in [0.25, 0.3) is 0 Å². The van der Waals surface area contributed by atoms with Gasteiger partial charge in [-0.05, 0) is 37.8 Å². The topological polar surface area (TPSA) is 96.1 Å². The molecule has 7 nitrogen and oxygen atoms in total. The van der Waals surface area contributed by atoms with Gasteiger partial charge in [0.05, 0.1) is 11.2 Å². The lowest BCUT2D eigenvalue weighted by Crippen LogP contribution is -2.49. The summed E-state index contributed by atoms with van der Waals surface area (Å²) in [5, 5.41) is 7.64. The lowest BCUT2D eigenvalue weighted by atomic mass is 10.1. The molecule has 1 atom stereocenters. The van der Waals surface area contributed by atoms with E-state index < -0.39 is 17.7 Å². The second-order valence-corrected chi connectivity index (χ2v) is 9.08. The number of rotatable bonds is 8. The van der Waals surface area contributed by atoms with Crippen LogP contribution in [-0.4, -0.2) is 40.2 Å². The number of alkyl carbamates (subject to hydrolysis) is 1. The number of aromatic nitrogens is 2. The van der Waals surface area contributed by atoms with Crippen LogP contribution < -0.4 is 10.6 Å². The van der Waals surface area contributed by atoms with Crippen LogP contribution in [0.25, 0.3) is 10.6 Å². The van der Waals surface area contributed by atoms with Crippen molar-refractivity contribution in [2.75, 3.05) is 6.54 Å². The summed E-state index contributed by atoms with van der Waals surface area (Å²) in [6.45, 7) is 5.78. The van der Waals surface area contributed by atoms with Crippen LogP contribution in [0.1, 0.15) is 32.0 Å². The van der Waals surface area contributed by atoms with Gasteiger partial charge in [-0.2, -0.15) is 0 Å². The Morgan fingerprint density at radius 2 is 1.94 bits per heavy atom. The third-order valence-corrected chi connectivity index (χ3v) is 5.31. The predicted octanol–water partition coefficient (Wildman–Crippen LogP) is 3.93. The Labute approximate surface area is 186 Å². The zero-order chi connectivity index (χ0) is 22.3. The number of carbonyl (C=O) groups is 2. The maximum atomic E-state index is 12.9. The molecule has 8 heteroatoms. The van der Waals surface area contributed by atoms with Gasteiger partial charge < -0.3 is 20.4 Å². The second-order valence-electron chi connectivity index (χ2n) is 8.14. The first-order valence-corrected chi connectivity index (χ1v) is 11.1. The highest BCUT2D eigenvalue weighted by Gasteiger charge is 2.24. The molecule has 0 saturated heterocycles. The summed E-state index contributed by atoms with van der Waals surface area (Å²) in [4.78, 5) is 33.8. The molecule has 1 aromatic carbocycles. The van der Waals surface area contributed by atoms with Crippen LogP contribution in [0.4, 0.5) is 4.79 Å². The zero-order valence-electron chi connectivity index (χ0n) is 18.0. The van der Waals surface area contributed by atoms with Crippen LogP contribution in [0.2, 0.25) is 0 Å². The summed E-state index contributed by atoms with van der Waals surface area (Å²) in [5.41, 5.74) is 2.17. The van der Waals surface area contributed by atoms with Crippen molar-refractivity contribution in [2.24, 2.45) is 0 Å². The van der Waals surface area contributed by atoms with Gasteiger partial charge in [-0.25, -0.2) is 9.78 Å². The molecule has 1 unspecified atom stereocenters. The van der Waals surface area contributed by atoms with Crippen molar-refractivity contribution >= 4 is 23.3 Å². The minimum Gasteiger partial charge on any atom is -0.444 e. The van der Waals surface area contributed by atoms with Crippen molar-refractivity contribution in [2.45, 2.75) is 45.3 Å². The van der Waals surface area contributed by atoms with E-state index in [-0.39, 0.29) is 5.91 Å². The quantitative estimate of drug-likeness (QED) is 0.494. The van der Waals surface area contributed by atoms with Gasteiger partial charge >= 0.3 is 6.09 Å². The molecule has 31 heavy (non-hydrogen) atoms. The molecule has 164 valence electrons. The number of hydrogen-bond donors (Lipinski definition) is 3. The summed E-state index contributed by atoms with van der Waals surface area (Å²) in [5.74, 6) is -0.257. The van der Waals surface area contributed by atoms with Crippen LogP contribution in [-0.2, 0) is 22.4 Å². The van der Waals surface area contributed by atoms with E-state index in [1.807, 2.05) is 47.8 Å². The Kier molecular flexibility index (Phi) is 7.46. The molecule has 2 amide bonds. The normalized spacial score (nSPS) is 12.2. The monoisotopic (exact) mass is 440 g/mol. The number of hydrogen-bond acceptors (Lipinski definition) is 5. The summed E-state index contributed by atoms with van der Waals surface area (Å²) in [7, 11) is 0. The smallest absolute Gasteiger partial charge is 0.408 e. The molecule has 0 fully saturated rings. The number of ether oxygens (including phenoxy) is 1. The Bertz CT molecular complexity index is 978. The lowest BCUT2D eigenvalue weighted by Gasteiger charge is -2.23. The molecule has 0 aliphatic carbocycles. The fourth-order valence-electron chi connectivity index (χ4n) is 3.08. The molecule has 0 spiro atoms. The summed E-state index contributed by atoms with van der Waals surface area (Å²) in [6.07, 6.45) is 2.02. The fourth-order valence-corrected chi connectivity index (χ4v) is 3.83. The Balaban J connectivity index is 1.61. The van der Waals surface area contributed by atoms with Crippen LogP contribution in [0.3, 0.4) is 0 Å². The van der Waals surface area contributed by atoms with Crippen molar-refractivity contribution in [3.8, 4) is 10.6 Å². The molecule has 0 saturated carbocycles. The molecule has 0 bridgehead atoms. The number of aromatic amines is 1. The molecule has 3 aromatic rings. The number of nitrogens with zero attached hydrogens (tertiary/aromatic N) is 1. The van der Waals surface area contributed by atoms with Crippen molar-refractivity contribution in [1.29, 1.82) is 0 Å². The third kappa shape index (κ3) is 6.96. The number of imidazole rings is 1. The van der Waals surface area contributed by atoms with Gasteiger partial charge in [-0.3, -0.25) is 4.79 Å². The van der Waals surface area contributed by atoms with Gasteiger partial charge in [0.2, 0.25) is 5.91 Å². The summed E-state index contributed by atoms with van der Waals surface area (Å²) >= 11 is 1.62. The number of carbonyl (C=O) groups excluding carboxylic acids is 2. The van der Waals surface area contributed by atoms with E-state index in [1.54, 1.807) is 38.4 Å². The summed E-state index contributed by atoms with van der Waals surface area (Å²) < 4.78 is 5.33. The van der Waals surface area contributed by atoms with Crippen LogP contribution >= 0.6 is 11.3 Å². The Morgan fingerprint density at radius 1 is 1.16 bits per heavy atom. The molecule has 0 radical (unpaired) electrons. The lowest BCUT2D eigenvalue weighted by molar-refractivity contribution is -0.123. The standard InChI is InChI=1S/C23H28N4O3S/c1-23(2,3)30-22(29)27-18(14-16-8-5-4-6-9-16)21(28)24-12-11-17-20(26-15-25-17)19-10-7-13-31-19/h4-10,13,15,18H,11-12,14H2,1-3H3,(H,24,28)(H,25,26)(H,27,29). The van der Waals surface area contributed by atoms with Crippen molar-refractivity contribution in [1.82, 2.24) is 20.6 Å². The molecule has 3 N–H and O–H groups in total. The molecule has 2 aromatic heterocycles. The van der Waals surface area contributed by atoms with Crippen LogP contribution in [0.5, 0.6) is 0 Å². The molecular weight excluding hydrogens is 412 g/mol. The maximum Gasteiger partial charge on any atom is 0.408 e. The number of H-pyrrole nitrogens is 1. The van der Waals surface area contributed by atoms with E-state index in [2.05, 4.69) is 20.6 Å². The van der Waals surface area contributed by atoms with Gasteiger partial charge in [0.15, 0.2) is 0 Å². The number of benzene rings is 1. The number of nitrogens with one attached hydrogen (secondary N) is 3. The van der Waals surface area contributed by atoms with E-state index in [1.165, 1.54) is 0 Å². The van der Waals surface area contributed by atoms with Gasteiger partial charge in [-0.15, -0.1) is 11.3 Å². The van der Waals surface area contributed by atoms with E-state index in [0.717, 1.165) is 21.8 Å². The maximum absolute atomic E-state index is 12.9.